The standard InChI is InChI=1S/C13H13F2N3/c14-9-7-11-10(12(15)8-9)1-2-17-13(11)18-5-3-16-4-6-18/h1-2,7-8,16H,3-6H2. The van der Waals surface area contributed by atoms with Crippen molar-refractivity contribution in [2.45, 2.75) is 0 Å². The highest BCUT2D eigenvalue weighted by Crippen LogP contribution is 2.27. The first-order chi connectivity index (χ1) is 8.75. The van der Waals surface area contributed by atoms with Gasteiger partial charge in [-0.25, -0.2) is 13.8 Å². The summed E-state index contributed by atoms with van der Waals surface area (Å²) in [5.41, 5.74) is 0. The molecule has 3 rings (SSSR count). The zero-order valence-electron chi connectivity index (χ0n) is 9.79. The van der Waals surface area contributed by atoms with Gasteiger partial charge in [0, 0.05) is 49.2 Å². The molecule has 0 unspecified atom stereocenters. The fraction of sp³-hybridized carbons (Fsp3) is 0.308. The molecule has 18 heavy (non-hydrogen) atoms. The third-order valence-electron chi connectivity index (χ3n) is 3.19. The van der Waals surface area contributed by atoms with Gasteiger partial charge in [-0.05, 0) is 12.1 Å². The van der Waals surface area contributed by atoms with Crippen molar-refractivity contribution < 1.29 is 8.78 Å². The minimum Gasteiger partial charge on any atom is -0.354 e. The van der Waals surface area contributed by atoms with Crippen LogP contribution >= 0.6 is 0 Å². The van der Waals surface area contributed by atoms with Gasteiger partial charge in [0.05, 0.1) is 0 Å². The number of halogens is 2. The maximum Gasteiger partial charge on any atom is 0.136 e. The van der Waals surface area contributed by atoms with Gasteiger partial charge in [-0.15, -0.1) is 0 Å². The van der Waals surface area contributed by atoms with Crippen molar-refractivity contribution in [3.05, 3.63) is 36.0 Å². The SMILES string of the molecule is Fc1cc(F)c2ccnc(N3CCNCC3)c2c1. The van der Waals surface area contributed by atoms with Crippen LogP contribution in [0.15, 0.2) is 24.4 Å². The molecule has 1 fully saturated rings. The van der Waals surface area contributed by atoms with Crippen molar-refractivity contribution in [3.63, 3.8) is 0 Å². The van der Waals surface area contributed by atoms with Crippen LogP contribution in [0.1, 0.15) is 0 Å². The minimum absolute atomic E-state index is 0.417. The Labute approximate surface area is 103 Å². The molecule has 0 saturated carbocycles. The van der Waals surface area contributed by atoms with Gasteiger partial charge in [-0.2, -0.15) is 0 Å². The second-order valence-corrected chi connectivity index (χ2v) is 4.35. The van der Waals surface area contributed by atoms with E-state index in [-0.39, 0.29) is 0 Å². The van der Waals surface area contributed by atoms with Crippen LogP contribution in [0.25, 0.3) is 10.8 Å². The zero-order chi connectivity index (χ0) is 12.5. The molecule has 0 atom stereocenters. The Kier molecular flexibility index (Phi) is 2.83. The summed E-state index contributed by atoms with van der Waals surface area (Å²) in [5.74, 6) is -0.444. The van der Waals surface area contributed by atoms with Gasteiger partial charge < -0.3 is 10.2 Å². The maximum atomic E-state index is 13.7. The number of rotatable bonds is 1. The molecule has 0 bridgehead atoms. The van der Waals surface area contributed by atoms with Gasteiger partial charge in [0.25, 0.3) is 0 Å². The molecule has 0 amide bonds. The predicted molar refractivity (Wildman–Crippen MR) is 66.7 cm³/mol. The van der Waals surface area contributed by atoms with E-state index in [0.29, 0.717) is 16.6 Å². The molecule has 1 aromatic carbocycles. The summed E-state index contributed by atoms with van der Waals surface area (Å²) in [6.07, 6.45) is 1.57. The number of pyridine rings is 1. The number of nitrogens with zero attached hydrogens (tertiary/aromatic N) is 2. The average Bonchev–Trinajstić information content (AvgIpc) is 2.39. The number of anilines is 1. The first-order valence-corrected chi connectivity index (χ1v) is 5.95. The molecule has 5 heteroatoms. The van der Waals surface area contributed by atoms with Crippen LogP contribution in [0.3, 0.4) is 0 Å². The molecule has 1 saturated heterocycles. The van der Waals surface area contributed by atoms with E-state index in [0.717, 1.165) is 32.2 Å². The largest absolute Gasteiger partial charge is 0.354 e. The van der Waals surface area contributed by atoms with Crippen molar-refractivity contribution in [3.8, 4) is 0 Å². The summed E-state index contributed by atoms with van der Waals surface area (Å²) < 4.78 is 27.0. The Balaban J connectivity index is 2.16. The summed E-state index contributed by atoms with van der Waals surface area (Å²) in [7, 11) is 0. The summed E-state index contributed by atoms with van der Waals surface area (Å²) >= 11 is 0. The molecule has 0 aliphatic carbocycles. The lowest BCUT2D eigenvalue weighted by Gasteiger charge is -2.29. The highest BCUT2D eigenvalue weighted by atomic mass is 19.1. The number of aromatic nitrogens is 1. The van der Waals surface area contributed by atoms with Crippen molar-refractivity contribution in [2.75, 3.05) is 31.1 Å². The van der Waals surface area contributed by atoms with Crippen LogP contribution in [0.4, 0.5) is 14.6 Å². The monoisotopic (exact) mass is 249 g/mol. The maximum absolute atomic E-state index is 13.7. The minimum atomic E-state index is -0.565. The van der Waals surface area contributed by atoms with Gasteiger partial charge in [-0.3, -0.25) is 0 Å². The molecule has 1 aliphatic rings. The van der Waals surface area contributed by atoms with Gasteiger partial charge in [-0.1, -0.05) is 0 Å². The molecule has 0 spiro atoms. The Morgan fingerprint density at radius 1 is 1.11 bits per heavy atom. The molecule has 94 valence electrons. The van der Waals surface area contributed by atoms with E-state index >= 15 is 0 Å². The van der Waals surface area contributed by atoms with Gasteiger partial charge in [0.15, 0.2) is 0 Å². The van der Waals surface area contributed by atoms with Crippen LogP contribution in [0.5, 0.6) is 0 Å². The number of nitrogens with one attached hydrogen (secondary N) is 1. The summed E-state index contributed by atoms with van der Waals surface area (Å²) in [6.45, 7) is 3.31. The Morgan fingerprint density at radius 3 is 2.67 bits per heavy atom. The fourth-order valence-corrected chi connectivity index (χ4v) is 2.32. The van der Waals surface area contributed by atoms with Crippen LogP contribution in [0, 0.1) is 11.6 Å². The molecule has 1 aliphatic heterocycles. The number of hydrogen-bond acceptors (Lipinski definition) is 3. The normalized spacial score (nSPS) is 16.2. The third-order valence-corrected chi connectivity index (χ3v) is 3.19. The molecule has 1 aromatic heterocycles. The van der Waals surface area contributed by atoms with Gasteiger partial charge >= 0.3 is 0 Å². The quantitative estimate of drug-likeness (QED) is 0.837. The van der Waals surface area contributed by atoms with E-state index in [1.807, 2.05) is 0 Å². The number of hydrogen-bond donors (Lipinski definition) is 1. The second kappa shape index (κ2) is 4.49. The van der Waals surface area contributed by atoms with E-state index in [9.17, 15) is 8.78 Å². The lowest BCUT2D eigenvalue weighted by Crippen LogP contribution is -2.44. The number of piperazine rings is 1. The molecule has 1 N–H and O–H groups in total. The predicted octanol–water partition coefficient (Wildman–Crippen LogP) is 1.92. The van der Waals surface area contributed by atoms with Crippen molar-refractivity contribution in [2.24, 2.45) is 0 Å². The van der Waals surface area contributed by atoms with E-state index in [2.05, 4.69) is 15.2 Å². The van der Waals surface area contributed by atoms with E-state index in [1.165, 1.54) is 6.07 Å². The molecule has 2 aromatic rings. The highest BCUT2D eigenvalue weighted by Gasteiger charge is 2.16. The lowest BCUT2D eigenvalue weighted by molar-refractivity contribution is 0.583. The van der Waals surface area contributed by atoms with Crippen LogP contribution in [-0.2, 0) is 0 Å². The second-order valence-electron chi connectivity index (χ2n) is 4.35. The summed E-state index contributed by atoms with van der Waals surface area (Å²) in [5, 5.41) is 4.19. The summed E-state index contributed by atoms with van der Waals surface area (Å²) in [6, 6.07) is 3.84. The van der Waals surface area contributed by atoms with Crippen molar-refractivity contribution in [1.29, 1.82) is 0 Å². The fourth-order valence-electron chi connectivity index (χ4n) is 2.32. The molecule has 0 radical (unpaired) electrons. The van der Waals surface area contributed by atoms with E-state index in [4.69, 9.17) is 0 Å². The topological polar surface area (TPSA) is 28.2 Å². The third kappa shape index (κ3) is 1.90. The van der Waals surface area contributed by atoms with Crippen molar-refractivity contribution in [1.82, 2.24) is 10.3 Å². The first kappa shape index (κ1) is 11.3. The van der Waals surface area contributed by atoms with E-state index in [1.54, 1.807) is 12.3 Å². The zero-order valence-corrected chi connectivity index (χ0v) is 9.79. The van der Waals surface area contributed by atoms with Crippen LogP contribution < -0.4 is 10.2 Å². The Bertz CT molecular complexity index is 580. The number of benzene rings is 1. The molecule has 2 heterocycles. The Hall–Kier alpha value is -1.75. The van der Waals surface area contributed by atoms with Gasteiger partial charge in [0.2, 0.25) is 0 Å². The average molecular weight is 249 g/mol. The van der Waals surface area contributed by atoms with Crippen LogP contribution in [0.2, 0.25) is 0 Å². The van der Waals surface area contributed by atoms with Gasteiger partial charge in [0.1, 0.15) is 17.5 Å². The van der Waals surface area contributed by atoms with Crippen molar-refractivity contribution >= 4 is 16.6 Å². The lowest BCUT2D eigenvalue weighted by atomic mass is 10.1. The molecule has 3 nitrogen and oxygen atoms in total. The number of fused-ring (bicyclic) bond motifs is 1. The highest BCUT2D eigenvalue weighted by molar-refractivity contribution is 5.92. The Morgan fingerprint density at radius 2 is 1.89 bits per heavy atom. The smallest absolute Gasteiger partial charge is 0.136 e. The first-order valence-electron chi connectivity index (χ1n) is 5.95. The molecular formula is C13H13F2N3. The molecular weight excluding hydrogens is 236 g/mol. The van der Waals surface area contributed by atoms with Crippen LogP contribution in [-0.4, -0.2) is 31.2 Å². The van der Waals surface area contributed by atoms with E-state index < -0.39 is 11.6 Å². The summed E-state index contributed by atoms with van der Waals surface area (Å²) in [4.78, 5) is 6.33.